The molecule has 6 heteroatoms. The first-order valence-electron chi connectivity index (χ1n) is 6.43. The largest absolute Gasteiger partial charge is 0.373 e. The molecule has 1 aliphatic rings. The van der Waals surface area contributed by atoms with Gasteiger partial charge in [0.2, 0.25) is 5.91 Å². The van der Waals surface area contributed by atoms with Crippen molar-refractivity contribution in [2.45, 2.75) is 18.9 Å². The van der Waals surface area contributed by atoms with E-state index in [1.54, 1.807) is 0 Å². The van der Waals surface area contributed by atoms with Crippen molar-refractivity contribution in [2.24, 2.45) is 0 Å². The minimum Gasteiger partial charge on any atom is -0.373 e. The summed E-state index contributed by atoms with van der Waals surface area (Å²) in [7, 11) is 4.00. The number of hydrogen-bond acceptors (Lipinski definition) is 3. The number of halogens is 2. The summed E-state index contributed by atoms with van der Waals surface area (Å²) in [6, 6.07) is 8.09. The number of carbonyl (C=O) groups is 1. The third-order valence-corrected chi connectivity index (χ3v) is 3.22. The highest BCUT2D eigenvalue weighted by Gasteiger charge is 2.22. The van der Waals surface area contributed by atoms with Crippen LogP contribution >= 0.6 is 24.8 Å². The molecule has 1 unspecified atom stereocenters. The van der Waals surface area contributed by atoms with E-state index in [4.69, 9.17) is 0 Å². The van der Waals surface area contributed by atoms with Crippen LogP contribution in [0.15, 0.2) is 24.3 Å². The maximum atomic E-state index is 12.0. The maximum Gasteiger partial charge on any atom is 0.242 e. The van der Waals surface area contributed by atoms with Crippen LogP contribution in [-0.4, -0.2) is 44.0 Å². The SMILES string of the molecule is CN(C)CCNC(=O)C1CCc2ccccc2N1.Cl.Cl. The number of benzene rings is 1. The molecule has 4 nitrogen and oxygen atoms in total. The molecule has 0 bridgehead atoms. The van der Waals surface area contributed by atoms with Crippen LogP contribution in [0.2, 0.25) is 0 Å². The highest BCUT2D eigenvalue weighted by molar-refractivity contribution is 5.86. The highest BCUT2D eigenvalue weighted by Crippen LogP contribution is 2.24. The third-order valence-electron chi connectivity index (χ3n) is 3.22. The Bertz CT molecular complexity index is 427. The van der Waals surface area contributed by atoms with Gasteiger partial charge in [-0.05, 0) is 38.6 Å². The fourth-order valence-corrected chi connectivity index (χ4v) is 2.16. The molecule has 2 N–H and O–H groups in total. The summed E-state index contributed by atoms with van der Waals surface area (Å²) in [5, 5.41) is 6.28. The van der Waals surface area contributed by atoms with Crippen molar-refractivity contribution < 1.29 is 4.79 Å². The zero-order valence-corrected chi connectivity index (χ0v) is 13.5. The summed E-state index contributed by atoms with van der Waals surface area (Å²) >= 11 is 0. The van der Waals surface area contributed by atoms with Crippen molar-refractivity contribution in [1.29, 1.82) is 0 Å². The minimum atomic E-state index is -0.0953. The van der Waals surface area contributed by atoms with Gasteiger partial charge in [0.1, 0.15) is 6.04 Å². The van der Waals surface area contributed by atoms with Gasteiger partial charge in [-0.3, -0.25) is 4.79 Å². The molecule has 1 aliphatic heterocycles. The van der Waals surface area contributed by atoms with E-state index < -0.39 is 0 Å². The van der Waals surface area contributed by atoms with Crippen LogP contribution < -0.4 is 10.6 Å². The summed E-state index contributed by atoms with van der Waals surface area (Å²) in [6.07, 6.45) is 1.83. The normalized spacial score (nSPS) is 16.2. The molecule has 0 aliphatic carbocycles. The predicted molar refractivity (Wildman–Crippen MR) is 88.2 cm³/mol. The topological polar surface area (TPSA) is 44.4 Å². The van der Waals surface area contributed by atoms with E-state index in [9.17, 15) is 4.79 Å². The second kappa shape index (κ2) is 9.06. The number of fused-ring (bicyclic) bond motifs is 1. The average Bonchev–Trinajstić information content (AvgIpc) is 2.37. The fourth-order valence-electron chi connectivity index (χ4n) is 2.16. The van der Waals surface area contributed by atoms with Crippen molar-refractivity contribution in [3.05, 3.63) is 29.8 Å². The zero-order valence-electron chi connectivity index (χ0n) is 11.9. The molecule has 114 valence electrons. The lowest BCUT2D eigenvalue weighted by molar-refractivity contribution is -0.122. The van der Waals surface area contributed by atoms with Crippen LogP contribution in [0.4, 0.5) is 5.69 Å². The Labute approximate surface area is 133 Å². The second-order valence-electron chi connectivity index (χ2n) is 4.99. The summed E-state index contributed by atoms with van der Waals surface area (Å²) in [5.41, 5.74) is 2.39. The van der Waals surface area contributed by atoms with Gasteiger partial charge in [0.15, 0.2) is 0 Å². The van der Waals surface area contributed by atoms with Crippen molar-refractivity contribution in [3.8, 4) is 0 Å². The van der Waals surface area contributed by atoms with E-state index in [1.807, 2.05) is 32.3 Å². The number of amides is 1. The van der Waals surface area contributed by atoms with Gasteiger partial charge in [-0.15, -0.1) is 24.8 Å². The summed E-state index contributed by atoms with van der Waals surface area (Å²) in [4.78, 5) is 14.1. The Morgan fingerprint density at radius 3 is 2.75 bits per heavy atom. The first-order chi connectivity index (χ1) is 8.66. The van der Waals surface area contributed by atoms with Gasteiger partial charge >= 0.3 is 0 Å². The third kappa shape index (κ3) is 5.19. The molecule has 0 fully saturated rings. The number of likely N-dealkylation sites (N-methyl/N-ethyl adjacent to an activating group) is 1. The predicted octanol–water partition coefficient (Wildman–Crippen LogP) is 1.93. The lowest BCUT2D eigenvalue weighted by Gasteiger charge is -2.26. The maximum absolute atomic E-state index is 12.0. The number of hydrogen-bond donors (Lipinski definition) is 2. The van der Waals surface area contributed by atoms with Crippen molar-refractivity contribution in [2.75, 3.05) is 32.5 Å². The standard InChI is InChI=1S/C14H21N3O.2ClH/c1-17(2)10-9-15-14(18)13-8-7-11-5-3-4-6-12(11)16-13;;/h3-6,13,16H,7-10H2,1-2H3,(H,15,18);2*1H. The molecule has 0 saturated heterocycles. The lowest BCUT2D eigenvalue weighted by Crippen LogP contribution is -2.43. The minimum absolute atomic E-state index is 0. The molecule has 20 heavy (non-hydrogen) atoms. The first-order valence-corrected chi connectivity index (χ1v) is 6.43. The van der Waals surface area contributed by atoms with Crippen molar-refractivity contribution >= 4 is 36.4 Å². The number of nitrogens with one attached hydrogen (secondary N) is 2. The van der Waals surface area contributed by atoms with Gasteiger partial charge in [0.05, 0.1) is 0 Å². The molecule has 1 amide bonds. The van der Waals surface area contributed by atoms with Gasteiger partial charge in [-0.25, -0.2) is 0 Å². The Morgan fingerprint density at radius 1 is 1.35 bits per heavy atom. The number of rotatable bonds is 4. The van der Waals surface area contributed by atoms with Crippen LogP contribution in [0, 0.1) is 0 Å². The molecule has 1 heterocycles. The molecule has 0 saturated carbocycles. The quantitative estimate of drug-likeness (QED) is 0.891. The van der Waals surface area contributed by atoms with Crippen LogP contribution in [0.3, 0.4) is 0 Å². The van der Waals surface area contributed by atoms with Crippen LogP contribution in [0.25, 0.3) is 0 Å². The van der Waals surface area contributed by atoms with Gasteiger partial charge < -0.3 is 15.5 Å². The first kappa shape index (κ1) is 19.0. The number of para-hydroxylation sites is 1. The smallest absolute Gasteiger partial charge is 0.242 e. The monoisotopic (exact) mass is 319 g/mol. The van der Waals surface area contributed by atoms with Crippen molar-refractivity contribution in [3.63, 3.8) is 0 Å². The van der Waals surface area contributed by atoms with E-state index in [1.165, 1.54) is 5.56 Å². The fraction of sp³-hybridized carbons (Fsp3) is 0.500. The van der Waals surface area contributed by atoms with E-state index in [2.05, 4.69) is 21.6 Å². The second-order valence-corrected chi connectivity index (χ2v) is 4.99. The highest BCUT2D eigenvalue weighted by atomic mass is 35.5. The van der Waals surface area contributed by atoms with Gasteiger partial charge in [0, 0.05) is 18.8 Å². The molecule has 2 rings (SSSR count). The van der Waals surface area contributed by atoms with E-state index in [-0.39, 0.29) is 36.8 Å². The summed E-state index contributed by atoms with van der Waals surface area (Å²) in [6.45, 7) is 1.57. The molecule has 0 aromatic heterocycles. The van der Waals surface area contributed by atoms with Gasteiger partial charge in [-0.1, -0.05) is 18.2 Å². The molecule has 1 atom stereocenters. The zero-order chi connectivity index (χ0) is 13.0. The average molecular weight is 320 g/mol. The number of nitrogens with zero attached hydrogens (tertiary/aromatic N) is 1. The molecule has 0 radical (unpaired) electrons. The molecule has 1 aromatic carbocycles. The molecular formula is C14H23Cl2N3O. The number of carbonyl (C=O) groups excluding carboxylic acids is 1. The van der Waals surface area contributed by atoms with Crippen LogP contribution in [0.1, 0.15) is 12.0 Å². The Morgan fingerprint density at radius 2 is 2.05 bits per heavy atom. The number of anilines is 1. The molecule has 1 aromatic rings. The molecular weight excluding hydrogens is 297 g/mol. The van der Waals surface area contributed by atoms with E-state index in [0.29, 0.717) is 6.54 Å². The van der Waals surface area contributed by atoms with Crippen LogP contribution in [-0.2, 0) is 11.2 Å². The summed E-state index contributed by atoms with van der Waals surface area (Å²) < 4.78 is 0. The Balaban J connectivity index is 0.00000180. The summed E-state index contributed by atoms with van der Waals surface area (Å²) in [5.74, 6) is 0.103. The Hall–Kier alpha value is -0.970. The van der Waals surface area contributed by atoms with Gasteiger partial charge in [0.25, 0.3) is 0 Å². The van der Waals surface area contributed by atoms with Crippen LogP contribution in [0.5, 0.6) is 0 Å². The molecule has 0 spiro atoms. The van der Waals surface area contributed by atoms with Crippen molar-refractivity contribution in [1.82, 2.24) is 10.2 Å². The van der Waals surface area contributed by atoms with Gasteiger partial charge in [-0.2, -0.15) is 0 Å². The lowest BCUT2D eigenvalue weighted by atomic mass is 9.98. The van der Waals surface area contributed by atoms with E-state index >= 15 is 0 Å². The Kier molecular flexibility index (Phi) is 8.62. The number of aryl methyl sites for hydroxylation is 1. The van der Waals surface area contributed by atoms with E-state index in [0.717, 1.165) is 25.1 Å².